The molecule has 1 atom stereocenters. The topological polar surface area (TPSA) is 83.8 Å². The molecule has 0 bridgehead atoms. The Kier molecular flexibility index (Phi) is 6.87. The molecule has 90 valence electrons. The molecule has 0 fully saturated rings. The van der Waals surface area contributed by atoms with Crippen LogP contribution in [-0.4, -0.2) is 34.9 Å². The fourth-order valence-corrected chi connectivity index (χ4v) is 0.930. The number of rotatable bonds is 7. The lowest BCUT2D eigenvalue weighted by molar-refractivity contribution is -0.139. The Hall–Kier alpha value is -1.62. The summed E-state index contributed by atoms with van der Waals surface area (Å²) in [4.78, 5) is 21.4. The second-order valence-electron chi connectivity index (χ2n) is 3.24. The van der Waals surface area contributed by atoms with Gasteiger partial charge in [0, 0.05) is 18.1 Å². The predicted molar refractivity (Wildman–Crippen MR) is 57.8 cm³/mol. The second kappa shape index (κ2) is 7.64. The minimum absolute atomic E-state index is 0.0111. The van der Waals surface area contributed by atoms with Gasteiger partial charge in [-0.15, -0.1) is 0 Å². The van der Waals surface area contributed by atoms with Gasteiger partial charge in [0.1, 0.15) is 0 Å². The van der Waals surface area contributed by atoms with Crippen molar-refractivity contribution in [3.8, 4) is 0 Å². The van der Waals surface area contributed by atoms with E-state index in [2.05, 4.69) is 11.3 Å². The first kappa shape index (κ1) is 14.4. The number of carbonyl (C=O) groups excluding carboxylic acids is 1. The van der Waals surface area contributed by atoms with Crippen molar-refractivity contribution < 1.29 is 24.5 Å². The van der Waals surface area contributed by atoms with Crippen LogP contribution in [0.2, 0.25) is 0 Å². The maximum atomic E-state index is 10.7. The molecule has 0 radical (unpaired) electrons. The molecule has 2 N–H and O–H groups in total. The molecule has 0 aromatic rings. The van der Waals surface area contributed by atoms with Gasteiger partial charge in [-0.1, -0.05) is 12.7 Å². The van der Waals surface area contributed by atoms with Crippen molar-refractivity contribution >= 4 is 11.9 Å². The van der Waals surface area contributed by atoms with Gasteiger partial charge in [0.2, 0.25) is 0 Å². The highest BCUT2D eigenvalue weighted by atomic mass is 16.5. The van der Waals surface area contributed by atoms with Gasteiger partial charge in [-0.05, 0) is 13.3 Å². The van der Waals surface area contributed by atoms with E-state index < -0.39 is 18.0 Å². The predicted octanol–water partition coefficient (Wildman–Crippen LogP) is 0.888. The monoisotopic (exact) mass is 228 g/mol. The first-order valence-electron chi connectivity index (χ1n) is 4.87. The van der Waals surface area contributed by atoms with E-state index in [0.29, 0.717) is 0 Å². The average molecular weight is 228 g/mol. The highest BCUT2D eigenvalue weighted by Gasteiger charge is 2.08. The average Bonchev–Trinajstić information content (AvgIpc) is 2.21. The lowest BCUT2D eigenvalue weighted by Crippen LogP contribution is -2.08. The summed E-state index contributed by atoms with van der Waals surface area (Å²) in [5, 5.41) is 17.8. The smallest absolute Gasteiger partial charge is 0.331 e. The molecule has 5 nitrogen and oxygen atoms in total. The molecule has 1 unspecified atom stereocenters. The first-order valence-corrected chi connectivity index (χ1v) is 4.87. The number of ether oxygens (including phenoxy) is 1. The number of hydrogen-bond donors (Lipinski definition) is 2. The largest absolute Gasteiger partial charge is 0.478 e. The molecule has 0 heterocycles. The number of esters is 1. The standard InChI is InChI=1S/C11H16O5/c1-3-10(13)16-7-6-9(11(14)15)5-4-8(2)12/h3,5,8,12H,1,4,6-7H2,2H3,(H,14,15)/b9-5-. The molecule has 0 aliphatic rings. The van der Waals surface area contributed by atoms with Crippen molar-refractivity contribution in [1.29, 1.82) is 0 Å². The van der Waals surface area contributed by atoms with Gasteiger partial charge in [-0.2, -0.15) is 0 Å². The Morgan fingerprint density at radius 2 is 2.12 bits per heavy atom. The first-order chi connectivity index (χ1) is 7.47. The highest BCUT2D eigenvalue weighted by Crippen LogP contribution is 2.05. The summed E-state index contributed by atoms with van der Waals surface area (Å²) in [5.74, 6) is -1.66. The molecular weight excluding hydrogens is 212 g/mol. The van der Waals surface area contributed by atoms with Gasteiger partial charge in [0.15, 0.2) is 0 Å². The Balaban J connectivity index is 4.14. The molecule has 0 aromatic carbocycles. The normalized spacial score (nSPS) is 13.0. The maximum Gasteiger partial charge on any atom is 0.331 e. The molecule has 16 heavy (non-hydrogen) atoms. The Morgan fingerprint density at radius 3 is 2.56 bits per heavy atom. The number of carboxylic acid groups (broad SMARTS) is 1. The second-order valence-corrected chi connectivity index (χ2v) is 3.24. The quantitative estimate of drug-likeness (QED) is 0.499. The molecule has 0 aliphatic heterocycles. The number of aliphatic hydroxyl groups is 1. The zero-order chi connectivity index (χ0) is 12.6. The van der Waals surface area contributed by atoms with Crippen LogP contribution in [0.25, 0.3) is 0 Å². The van der Waals surface area contributed by atoms with E-state index in [1.54, 1.807) is 6.92 Å². The molecule has 0 spiro atoms. The van der Waals surface area contributed by atoms with Crippen molar-refractivity contribution in [3.05, 3.63) is 24.3 Å². The SMILES string of the molecule is C=CC(=O)OCC/C(=C/CC(C)O)C(=O)O. The van der Waals surface area contributed by atoms with Gasteiger partial charge in [-0.3, -0.25) is 0 Å². The molecule has 5 heteroatoms. The van der Waals surface area contributed by atoms with Crippen LogP contribution in [0, 0.1) is 0 Å². The van der Waals surface area contributed by atoms with Gasteiger partial charge >= 0.3 is 11.9 Å². The minimum Gasteiger partial charge on any atom is -0.478 e. The number of carbonyl (C=O) groups is 2. The number of carboxylic acids is 1. The van der Waals surface area contributed by atoms with Crippen LogP contribution in [0.4, 0.5) is 0 Å². The van der Waals surface area contributed by atoms with E-state index >= 15 is 0 Å². The van der Waals surface area contributed by atoms with Crippen molar-refractivity contribution in [1.82, 2.24) is 0 Å². The van der Waals surface area contributed by atoms with Crippen LogP contribution >= 0.6 is 0 Å². The van der Waals surface area contributed by atoms with Crippen LogP contribution in [0.5, 0.6) is 0 Å². The van der Waals surface area contributed by atoms with Gasteiger partial charge < -0.3 is 14.9 Å². The van der Waals surface area contributed by atoms with E-state index in [4.69, 9.17) is 10.2 Å². The Bertz CT molecular complexity index is 291. The summed E-state index contributed by atoms with van der Waals surface area (Å²) >= 11 is 0. The Morgan fingerprint density at radius 1 is 1.50 bits per heavy atom. The van der Waals surface area contributed by atoms with Gasteiger partial charge in [0.25, 0.3) is 0 Å². The number of aliphatic hydroxyl groups excluding tert-OH is 1. The van der Waals surface area contributed by atoms with E-state index in [1.807, 2.05) is 0 Å². The zero-order valence-corrected chi connectivity index (χ0v) is 9.18. The molecule has 0 aliphatic carbocycles. The summed E-state index contributed by atoms with van der Waals surface area (Å²) in [5.41, 5.74) is 0.123. The zero-order valence-electron chi connectivity index (χ0n) is 9.18. The van der Waals surface area contributed by atoms with Crippen LogP contribution in [0.3, 0.4) is 0 Å². The molecular formula is C11H16O5. The van der Waals surface area contributed by atoms with E-state index in [-0.39, 0.29) is 25.0 Å². The molecule has 0 saturated heterocycles. The summed E-state index contributed by atoms with van der Waals surface area (Å²) in [7, 11) is 0. The van der Waals surface area contributed by atoms with E-state index in [0.717, 1.165) is 6.08 Å². The number of hydrogen-bond acceptors (Lipinski definition) is 4. The van der Waals surface area contributed by atoms with Crippen molar-refractivity contribution in [2.45, 2.75) is 25.9 Å². The van der Waals surface area contributed by atoms with Crippen molar-refractivity contribution in [3.63, 3.8) is 0 Å². The van der Waals surface area contributed by atoms with Gasteiger partial charge in [-0.25, -0.2) is 9.59 Å². The summed E-state index contributed by atoms with van der Waals surface area (Å²) in [6, 6.07) is 0. The molecule has 0 saturated carbocycles. The van der Waals surface area contributed by atoms with Gasteiger partial charge in [0.05, 0.1) is 12.7 Å². The molecule has 0 amide bonds. The minimum atomic E-state index is -1.07. The third-order valence-corrected chi connectivity index (χ3v) is 1.76. The summed E-state index contributed by atoms with van der Waals surface area (Å²) in [6.45, 7) is 4.77. The fraction of sp³-hybridized carbons (Fsp3) is 0.455. The van der Waals surface area contributed by atoms with Crippen LogP contribution in [0.1, 0.15) is 19.8 Å². The molecule has 0 aromatic heterocycles. The highest BCUT2D eigenvalue weighted by molar-refractivity contribution is 5.86. The van der Waals surface area contributed by atoms with Crippen LogP contribution < -0.4 is 0 Å². The van der Waals surface area contributed by atoms with Crippen molar-refractivity contribution in [2.75, 3.05) is 6.61 Å². The Labute approximate surface area is 94.0 Å². The lowest BCUT2D eigenvalue weighted by Gasteiger charge is -2.04. The van der Waals surface area contributed by atoms with Crippen molar-refractivity contribution in [2.24, 2.45) is 0 Å². The number of aliphatic carboxylic acids is 1. The molecule has 0 rings (SSSR count). The maximum absolute atomic E-state index is 10.7. The van der Waals surface area contributed by atoms with E-state index in [1.165, 1.54) is 6.08 Å². The lowest BCUT2D eigenvalue weighted by atomic mass is 10.1. The summed E-state index contributed by atoms with van der Waals surface area (Å²) < 4.78 is 4.65. The summed E-state index contributed by atoms with van der Waals surface area (Å²) in [6.07, 6.45) is 2.22. The third-order valence-electron chi connectivity index (χ3n) is 1.76. The third kappa shape index (κ3) is 6.78. The fourth-order valence-electron chi connectivity index (χ4n) is 0.930. The van der Waals surface area contributed by atoms with E-state index in [9.17, 15) is 9.59 Å². The van der Waals surface area contributed by atoms with Crippen LogP contribution in [0.15, 0.2) is 24.3 Å². The van der Waals surface area contributed by atoms with Crippen LogP contribution in [-0.2, 0) is 14.3 Å².